The highest BCUT2D eigenvalue weighted by molar-refractivity contribution is 6.43. The van der Waals surface area contributed by atoms with E-state index in [9.17, 15) is 0 Å². The van der Waals surface area contributed by atoms with E-state index >= 15 is 0 Å². The number of quaternary nitrogens is 1. The maximum atomic E-state index is 6.37. The summed E-state index contributed by atoms with van der Waals surface area (Å²) in [5.74, 6) is 0. The molecule has 180 valence electrons. The lowest BCUT2D eigenvalue weighted by Gasteiger charge is -2.40. The Kier molecular flexibility index (Phi) is 8.74. The van der Waals surface area contributed by atoms with E-state index in [0.29, 0.717) is 20.1 Å². The van der Waals surface area contributed by atoms with Gasteiger partial charge in [-0.05, 0) is 58.9 Å². The molecule has 4 nitrogen and oxygen atoms in total. The lowest BCUT2D eigenvalue weighted by atomic mass is 10.1. The van der Waals surface area contributed by atoms with Crippen molar-refractivity contribution in [1.29, 1.82) is 0 Å². The van der Waals surface area contributed by atoms with Crippen LogP contribution in [0.2, 0.25) is 20.1 Å². The lowest BCUT2D eigenvalue weighted by molar-refractivity contribution is -0.567. The van der Waals surface area contributed by atoms with Gasteiger partial charge in [0, 0.05) is 32.2 Å². The molecule has 33 heavy (non-hydrogen) atoms. The molecule has 1 heterocycles. The van der Waals surface area contributed by atoms with Gasteiger partial charge >= 0.3 is 0 Å². The Morgan fingerprint density at radius 1 is 0.848 bits per heavy atom. The minimum atomic E-state index is -0.324. The Morgan fingerprint density at radius 2 is 1.36 bits per heavy atom. The zero-order valence-electron chi connectivity index (χ0n) is 19.9. The molecule has 0 aliphatic carbocycles. The maximum Gasteiger partial charge on any atom is 0.154 e. The van der Waals surface area contributed by atoms with Gasteiger partial charge in [-0.25, -0.2) is 0 Å². The van der Waals surface area contributed by atoms with Gasteiger partial charge in [0.15, 0.2) is 5.69 Å². The second kappa shape index (κ2) is 11.0. The molecule has 3 rings (SSSR count). The molecule has 0 atom stereocenters. The first-order chi connectivity index (χ1) is 15.7. The number of benzene rings is 2. The Hall–Kier alpha value is -1.30. The van der Waals surface area contributed by atoms with E-state index in [4.69, 9.17) is 46.4 Å². The van der Waals surface area contributed by atoms with Crippen molar-refractivity contribution < 1.29 is 5.32 Å². The van der Waals surface area contributed by atoms with Crippen molar-refractivity contribution in [2.24, 2.45) is 0 Å². The van der Waals surface area contributed by atoms with Crippen molar-refractivity contribution >= 4 is 69.2 Å². The van der Waals surface area contributed by atoms with Gasteiger partial charge in [0.2, 0.25) is 0 Å². The molecule has 2 aromatic carbocycles. The van der Waals surface area contributed by atoms with Crippen LogP contribution in [0.15, 0.2) is 36.4 Å². The van der Waals surface area contributed by atoms with Crippen LogP contribution in [0.1, 0.15) is 34.6 Å². The summed E-state index contributed by atoms with van der Waals surface area (Å²) in [5.41, 5.74) is 4.10. The Bertz CT molecular complexity index is 987. The average molecular weight is 531 g/mol. The monoisotopic (exact) mass is 529 g/mol. The van der Waals surface area contributed by atoms with Crippen molar-refractivity contribution in [3.8, 4) is 0 Å². The number of rotatable bonds is 9. The van der Waals surface area contributed by atoms with Crippen molar-refractivity contribution in [3.63, 3.8) is 0 Å². The van der Waals surface area contributed by atoms with E-state index in [0.717, 1.165) is 55.5 Å². The summed E-state index contributed by atoms with van der Waals surface area (Å²) in [6.07, 6.45) is 4.52. The number of fused-ring (bicyclic) bond motifs is 1. The molecular weight excluding hydrogens is 498 g/mol. The predicted octanol–water partition coefficient (Wildman–Crippen LogP) is 6.98. The number of nitrogens with two attached hydrogens (primary N) is 1. The van der Waals surface area contributed by atoms with E-state index in [-0.39, 0.29) is 5.66 Å². The highest BCUT2D eigenvalue weighted by Gasteiger charge is 2.43. The zero-order chi connectivity index (χ0) is 24.3. The van der Waals surface area contributed by atoms with Crippen molar-refractivity contribution in [1.82, 2.24) is 0 Å². The Labute approximate surface area is 218 Å². The van der Waals surface area contributed by atoms with Crippen molar-refractivity contribution in [2.45, 2.75) is 40.3 Å². The van der Waals surface area contributed by atoms with Crippen LogP contribution in [0.4, 0.5) is 22.7 Å². The number of hydrogen-bond acceptors (Lipinski definition) is 3. The van der Waals surface area contributed by atoms with Crippen LogP contribution in [0.25, 0.3) is 0 Å². The fourth-order valence-corrected chi connectivity index (χ4v) is 5.41. The second-order valence-electron chi connectivity index (χ2n) is 8.22. The van der Waals surface area contributed by atoms with Crippen LogP contribution >= 0.6 is 46.4 Å². The standard InChI is InChI=1S/C25H32Cl4N4/c1-6-30-21-13-17(26)18(27)14-22(21)31(7-2)12-10-11-25(5)32(8-3)23-15-19(28)20(29)16-24(23)33(25)9-4/h10-11,13-16,30H,6-9,12H2,1-5H3/p+1. The summed E-state index contributed by atoms with van der Waals surface area (Å²) in [4.78, 5) is 7.05. The van der Waals surface area contributed by atoms with Crippen LogP contribution in [0.3, 0.4) is 0 Å². The second-order valence-corrected chi connectivity index (χ2v) is 9.84. The number of halogens is 4. The molecule has 0 spiro atoms. The third kappa shape index (κ3) is 5.06. The molecular formula is C25H33Cl4N4+. The van der Waals surface area contributed by atoms with Crippen molar-refractivity contribution in [2.75, 3.05) is 47.4 Å². The first-order valence-corrected chi connectivity index (χ1v) is 13.0. The molecule has 0 bridgehead atoms. The quantitative estimate of drug-likeness (QED) is 0.280. The maximum absolute atomic E-state index is 6.37. The van der Waals surface area contributed by atoms with Gasteiger partial charge in [0.05, 0.1) is 38.0 Å². The first-order valence-electron chi connectivity index (χ1n) is 11.5. The molecule has 0 unspecified atom stereocenters. The molecule has 8 heteroatoms. The molecule has 2 aromatic rings. The Morgan fingerprint density at radius 3 is 1.85 bits per heavy atom. The predicted molar refractivity (Wildman–Crippen MR) is 147 cm³/mol. The molecule has 0 amide bonds. The number of likely N-dealkylation sites (N-methyl/N-ethyl adjacent to an activating group) is 3. The molecule has 1 aliphatic heterocycles. The first kappa shape index (κ1) is 26.3. The summed E-state index contributed by atoms with van der Waals surface area (Å²) < 4.78 is 0. The topological polar surface area (TPSA) is 26.3 Å². The molecule has 1 aliphatic rings. The van der Waals surface area contributed by atoms with Crippen molar-refractivity contribution in [3.05, 3.63) is 56.5 Å². The number of nitrogens with zero attached hydrogens (tertiary/aromatic N) is 3. The summed E-state index contributed by atoms with van der Waals surface area (Å²) >= 11 is 25.4. The third-order valence-corrected chi connectivity index (χ3v) is 7.74. The van der Waals surface area contributed by atoms with E-state index in [1.807, 2.05) is 24.3 Å². The van der Waals surface area contributed by atoms with Gasteiger partial charge in [-0.3, -0.25) is 0 Å². The molecule has 0 aromatic heterocycles. The third-order valence-electron chi connectivity index (χ3n) is 6.30. The minimum Gasteiger partial charge on any atom is -0.363 e. The Balaban J connectivity index is 1.93. The average Bonchev–Trinajstić information content (AvgIpc) is 3.00. The largest absolute Gasteiger partial charge is 0.363 e. The van der Waals surface area contributed by atoms with Crippen LogP contribution in [0.5, 0.6) is 0 Å². The van der Waals surface area contributed by atoms with Gasteiger partial charge in [0.25, 0.3) is 0 Å². The molecule has 2 N–H and O–H groups in total. The van der Waals surface area contributed by atoms with Crippen LogP contribution in [-0.4, -0.2) is 38.4 Å². The van der Waals surface area contributed by atoms with Gasteiger partial charge in [-0.1, -0.05) is 52.5 Å². The highest BCUT2D eigenvalue weighted by Crippen LogP contribution is 2.48. The fraction of sp³-hybridized carbons (Fsp3) is 0.440. The van der Waals surface area contributed by atoms with Gasteiger partial charge < -0.3 is 20.0 Å². The number of anilines is 3. The van der Waals surface area contributed by atoms with Crippen LogP contribution < -0.4 is 20.0 Å². The van der Waals surface area contributed by atoms with E-state index in [1.54, 1.807) is 0 Å². The van der Waals surface area contributed by atoms with Crippen LogP contribution in [0, 0.1) is 0 Å². The smallest absolute Gasteiger partial charge is 0.154 e. The highest BCUT2D eigenvalue weighted by atomic mass is 35.5. The van der Waals surface area contributed by atoms with Gasteiger partial charge in [-0.15, -0.1) is 0 Å². The zero-order valence-corrected chi connectivity index (χ0v) is 23.0. The van der Waals surface area contributed by atoms with Gasteiger partial charge in [-0.2, -0.15) is 0 Å². The molecule has 0 radical (unpaired) electrons. The minimum absolute atomic E-state index is 0.324. The molecule has 0 fully saturated rings. The van der Waals surface area contributed by atoms with E-state index in [2.05, 4.69) is 66.8 Å². The number of hydrogen-bond donors (Lipinski definition) is 1. The summed E-state index contributed by atoms with van der Waals surface area (Å²) in [5, 5.41) is 4.49. The van der Waals surface area contributed by atoms with Crippen LogP contribution in [-0.2, 0) is 0 Å². The van der Waals surface area contributed by atoms with Gasteiger partial charge in [0.1, 0.15) is 11.4 Å². The summed E-state index contributed by atoms with van der Waals surface area (Å²) in [6.45, 7) is 15.1. The fourth-order valence-electron chi connectivity index (χ4n) is 4.76. The molecule has 0 saturated heterocycles. The lowest BCUT2D eigenvalue weighted by Crippen LogP contribution is -2.77. The normalized spacial score (nSPS) is 14.9. The SMILES string of the molecule is CC[NH2+]c1cc(Cl)c(Cl)cc1N(CC)CC=CC1(C)N(CC)c2cc(Cl)c(Cl)cc2N1CC. The molecule has 0 saturated carbocycles. The van der Waals surface area contributed by atoms with E-state index < -0.39 is 0 Å². The summed E-state index contributed by atoms with van der Waals surface area (Å²) in [7, 11) is 0. The summed E-state index contributed by atoms with van der Waals surface area (Å²) in [6, 6.07) is 7.88. The van der Waals surface area contributed by atoms with E-state index in [1.165, 1.54) is 0 Å².